The van der Waals surface area contributed by atoms with E-state index in [0.29, 0.717) is 18.1 Å². The fourth-order valence-corrected chi connectivity index (χ4v) is 2.74. The Labute approximate surface area is 98.3 Å². The third kappa shape index (κ3) is 2.74. The molecule has 3 atom stereocenters. The summed E-state index contributed by atoms with van der Waals surface area (Å²) in [5.41, 5.74) is 0. The second-order valence-electron chi connectivity index (χ2n) is 4.78. The summed E-state index contributed by atoms with van der Waals surface area (Å²) in [5.74, 6) is 0. The number of nitrogens with one attached hydrogen (secondary N) is 1. The average Bonchev–Trinajstić information content (AvgIpc) is 2.83. The molecule has 2 heterocycles. The second kappa shape index (κ2) is 5.96. The first kappa shape index (κ1) is 12.3. The van der Waals surface area contributed by atoms with Crippen LogP contribution in [0.4, 0.5) is 0 Å². The lowest BCUT2D eigenvalue weighted by Crippen LogP contribution is -2.56. The molecule has 3 unspecified atom stereocenters. The number of ether oxygens (including phenoxy) is 2. The summed E-state index contributed by atoms with van der Waals surface area (Å²) in [7, 11) is 2.21. The van der Waals surface area contributed by atoms with Crippen LogP contribution in [0.3, 0.4) is 0 Å². The lowest BCUT2D eigenvalue weighted by Gasteiger charge is -2.40. The Balaban J connectivity index is 1.92. The topological polar surface area (TPSA) is 33.7 Å². The molecule has 0 amide bonds. The van der Waals surface area contributed by atoms with E-state index in [1.54, 1.807) is 0 Å². The summed E-state index contributed by atoms with van der Waals surface area (Å²) in [6.07, 6.45) is 2.28. The summed E-state index contributed by atoms with van der Waals surface area (Å²) in [5, 5.41) is 3.58. The van der Waals surface area contributed by atoms with Crippen LogP contribution in [0.1, 0.15) is 19.8 Å². The average molecular weight is 228 g/mol. The molecule has 0 aromatic heterocycles. The molecule has 2 aliphatic heterocycles. The molecular formula is C12H24N2O2. The lowest BCUT2D eigenvalue weighted by atomic mass is 10.00. The molecule has 0 spiro atoms. The smallest absolute Gasteiger partial charge is 0.0637 e. The standard InChI is InChI=1S/C12H24N2O2/c1-3-13-11-5-7-16-9-12(11)14(2)10-4-6-15-8-10/h10-13H,3-9H2,1-2H3. The molecule has 4 heteroatoms. The first-order valence-corrected chi connectivity index (χ1v) is 6.43. The van der Waals surface area contributed by atoms with Crippen LogP contribution in [0, 0.1) is 0 Å². The second-order valence-corrected chi connectivity index (χ2v) is 4.78. The van der Waals surface area contributed by atoms with Gasteiger partial charge in [-0.3, -0.25) is 4.90 Å². The van der Waals surface area contributed by atoms with Gasteiger partial charge in [-0.15, -0.1) is 0 Å². The Hall–Kier alpha value is -0.160. The van der Waals surface area contributed by atoms with Gasteiger partial charge in [-0.25, -0.2) is 0 Å². The third-order valence-corrected chi connectivity index (χ3v) is 3.80. The maximum atomic E-state index is 5.62. The molecule has 94 valence electrons. The van der Waals surface area contributed by atoms with E-state index in [9.17, 15) is 0 Å². The molecule has 2 fully saturated rings. The molecule has 16 heavy (non-hydrogen) atoms. The quantitative estimate of drug-likeness (QED) is 0.758. The third-order valence-electron chi connectivity index (χ3n) is 3.80. The van der Waals surface area contributed by atoms with E-state index >= 15 is 0 Å². The summed E-state index contributed by atoms with van der Waals surface area (Å²) in [6.45, 7) is 6.75. The zero-order valence-electron chi connectivity index (χ0n) is 10.4. The minimum Gasteiger partial charge on any atom is -0.380 e. The zero-order chi connectivity index (χ0) is 11.4. The predicted octanol–water partition coefficient (Wildman–Crippen LogP) is 0.474. The van der Waals surface area contributed by atoms with Crippen LogP contribution in [-0.4, -0.2) is 63.0 Å². The van der Waals surface area contributed by atoms with Crippen LogP contribution in [0.25, 0.3) is 0 Å². The van der Waals surface area contributed by atoms with E-state index in [2.05, 4.69) is 24.2 Å². The van der Waals surface area contributed by atoms with Crippen molar-refractivity contribution in [2.24, 2.45) is 0 Å². The maximum Gasteiger partial charge on any atom is 0.0637 e. The van der Waals surface area contributed by atoms with Gasteiger partial charge in [0.2, 0.25) is 0 Å². The SMILES string of the molecule is CCNC1CCOCC1N(C)C1CCOC1. The monoisotopic (exact) mass is 228 g/mol. The molecule has 2 rings (SSSR count). The number of likely N-dealkylation sites (N-methyl/N-ethyl adjacent to an activating group) is 2. The van der Waals surface area contributed by atoms with Crippen molar-refractivity contribution in [3.8, 4) is 0 Å². The van der Waals surface area contributed by atoms with Crippen molar-refractivity contribution in [1.82, 2.24) is 10.2 Å². The van der Waals surface area contributed by atoms with E-state index in [-0.39, 0.29) is 0 Å². The predicted molar refractivity (Wildman–Crippen MR) is 63.7 cm³/mol. The normalized spacial score (nSPS) is 35.8. The fourth-order valence-electron chi connectivity index (χ4n) is 2.74. The molecule has 0 aromatic carbocycles. The zero-order valence-corrected chi connectivity index (χ0v) is 10.4. The van der Waals surface area contributed by atoms with Gasteiger partial charge < -0.3 is 14.8 Å². The van der Waals surface area contributed by atoms with Crippen molar-refractivity contribution in [3.63, 3.8) is 0 Å². The molecule has 0 aliphatic carbocycles. The van der Waals surface area contributed by atoms with Crippen LogP contribution in [-0.2, 0) is 9.47 Å². The molecule has 0 bridgehead atoms. The van der Waals surface area contributed by atoms with Gasteiger partial charge in [-0.2, -0.15) is 0 Å². The van der Waals surface area contributed by atoms with E-state index < -0.39 is 0 Å². The van der Waals surface area contributed by atoms with Crippen molar-refractivity contribution in [1.29, 1.82) is 0 Å². The van der Waals surface area contributed by atoms with Gasteiger partial charge in [0.15, 0.2) is 0 Å². The van der Waals surface area contributed by atoms with E-state index in [1.807, 2.05) is 0 Å². The van der Waals surface area contributed by atoms with Crippen molar-refractivity contribution >= 4 is 0 Å². The van der Waals surface area contributed by atoms with Crippen LogP contribution < -0.4 is 5.32 Å². The Kier molecular flexibility index (Phi) is 4.58. The van der Waals surface area contributed by atoms with Crippen molar-refractivity contribution in [2.45, 2.75) is 37.9 Å². The molecule has 0 aromatic rings. The molecule has 1 N–H and O–H groups in total. The highest BCUT2D eigenvalue weighted by atomic mass is 16.5. The van der Waals surface area contributed by atoms with E-state index in [4.69, 9.17) is 9.47 Å². The summed E-state index contributed by atoms with van der Waals surface area (Å²) in [4.78, 5) is 2.46. The van der Waals surface area contributed by atoms with E-state index in [0.717, 1.165) is 45.8 Å². The number of nitrogens with zero attached hydrogens (tertiary/aromatic N) is 1. The Morgan fingerprint density at radius 2 is 1.94 bits per heavy atom. The van der Waals surface area contributed by atoms with Crippen LogP contribution in [0.15, 0.2) is 0 Å². The summed E-state index contributed by atoms with van der Waals surface area (Å²) >= 11 is 0. The van der Waals surface area contributed by atoms with Crippen molar-refractivity contribution in [3.05, 3.63) is 0 Å². The van der Waals surface area contributed by atoms with Crippen molar-refractivity contribution in [2.75, 3.05) is 40.0 Å². The molecule has 2 aliphatic rings. The van der Waals surface area contributed by atoms with E-state index in [1.165, 1.54) is 0 Å². The number of hydrogen-bond acceptors (Lipinski definition) is 4. The fraction of sp³-hybridized carbons (Fsp3) is 1.00. The van der Waals surface area contributed by atoms with Gasteiger partial charge in [0.05, 0.1) is 13.2 Å². The molecule has 0 saturated carbocycles. The van der Waals surface area contributed by atoms with Gasteiger partial charge in [0.25, 0.3) is 0 Å². The molecule has 2 saturated heterocycles. The number of hydrogen-bond donors (Lipinski definition) is 1. The first-order valence-electron chi connectivity index (χ1n) is 6.43. The largest absolute Gasteiger partial charge is 0.380 e. The molecule has 0 radical (unpaired) electrons. The van der Waals surface area contributed by atoms with Gasteiger partial charge in [0.1, 0.15) is 0 Å². The summed E-state index contributed by atoms with van der Waals surface area (Å²) in [6, 6.07) is 1.65. The van der Waals surface area contributed by atoms with Gasteiger partial charge >= 0.3 is 0 Å². The van der Waals surface area contributed by atoms with Gasteiger partial charge in [-0.05, 0) is 26.4 Å². The molecule has 4 nitrogen and oxygen atoms in total. The first-order chi connectivity index (χ1) is 7.83. The highest BCUT2D eigenvalue weighted by Crippen LogP contribution is 2.19. The minimum absolute atomic E-state index is 0.500. The van der Waals surface area contributed by atoms with Crippen molar-refractivity contribution < 1.29 is 9.47 Å². The summed E-state index contributed by atoms with van der Waals surface area (Å²) < 4.78 is 11.1. The molecular weight excluding hydrogens is 204 g/mol. The Morgan fingerprint density at radius 1 is 1.19 bits per heavy atom. The highest BCUT2D eigenvalue weighted by Gasteiger charge is 2.33. The Morgan fingerprint density at radius 3 is 2.62 bits per heavy atom. The van der Waals surface area contributed by atoms with Gasteiger partial charge in [0, 0.05) is 31.3 Å². The van der Waals surface area contributed by atoms with Gasteiger partial charge in [-0.1, -0.05) is 6.92 Å². The Bertz CT molecular complexity index is 205. The lowest BCUT2D eigenvalue weighted by molar-refractivity contribution is -0.00940. The highest BCUT2D eigenvalue weighted by molar-refractivity contribution is 4.89. The number of rotatable bonds is 4. The van der Waals surface area contributed by atoms with Crippen LogP contribution >= 0.6 is 0 Å². The van der Waals surface area contributed by atoms with Crippen LogP contribution in [0.2, 0.25) is 0 Å². The minimum atomic E-state index is 0.500. The van der Waals surface area contributed by atoms with Crippen LogP contribution in [0.5, 0.6) is 0 Å². The maximum absolute atomic E-state index is 5.62.